The highest BCUT2D eigenvalue weighted by molar-refractivity contribution is 5.51. The average Bonchev–Trinajstić information content (AvgIpc) is 2.26. The van der Waals surface area contributed by atoms with Gasteiger partial charge in [-0.15, -0.1) is 0 Å². The van der Waals surface area contributed by atoms with Gasteiger partial charge in [0.25, 0.3) is 0 Å². The van der Waals surface area contributed by atoms with Crippen molar-refractivity contribution in [2.45, 2.75) is 18.9 Å². The largest absolute Gasteiger partial charge is 0.393 e. The van der Waals surface area contributed by atoms with Gasteiger partial charge in [0.15, 0.2) is 0 Å². The lowest BCUT2D eigenvalue weighted by Gasteiger charge is -2.34. The van der Waals surface area contributed by atoms with Gasteiger partial charge in [0.1, 0.15) is 11.6 Å². The number of anilines is 3. The van der Waals surface area contributed by atoms with Crippen molar-refractivity contribution in [1.82, 2.24) is 9.97 Å². The van der Waals surface area contributed by atoms with E-state index in [2.05, 4.69) is 20.2 Å². The topological polar surface area (TPSA) is 87.3 Å². The number of nitrogens with two attached hydrogens (primary N) is 1. The molecule has 2 rings (SSSR count). The molecule has 1 aliphatic carbocycles. The molecule has 1 fully saturated rings. The minimum Gasteiger partial charge on any atom is -0.393 e. The second-order valence-corrected chi connectivity index (χ2v) is 4.59. The normalized spacial score (nSPS) is 23.0. The van der Waals surface area contributed by atoms with Crippen LogP contribution in [0, 0.1) is 5.92 Å². The fourth-order valence-electron chi connectivity index (χ4n) is 2.11. The van der Waals surface area contributed by atoms with Crippen LogP contribution in [0.4, 0.5) is 17.6 Å². The van der Waals surface area contributed by atoms with Crippen molar-refractivity contribution in [1.29, 1.82) is 0 Å². The summed E-state index contributed by atoms with van der Waals surface area (Å²) in [6.45, 7) is 0.886. The molecular weight excluding hydrogens is 218 g/mol. The van der Waals surface area contributed by atoms with Crippen LogP contribution >= 0.6 is 0 Å². The monoisotopic (exact) mass is 237 g/mol. The quantitative estimate of drug-likeness (QED) is 0.698. The molecule has 0 aliphatic heterocycles. The lowest BCUT2D eigenvalue weighted by molar-refractivity contribution is 0.0464. The van der Waals surface area contributed by atoms with Crippen LogP contribution in [-0.4, -0.2) is 41.8 Å². The van der Waals surface area contributed by atoms with Gasteiger partial charge in [0.05, 0.1) is 6.10 Å². The van der Waals surface area contributed by atoms with E-state index in [4.69, 9.17) is 5.73 Å². The van der Waals surface area contributed by atoms with Crippen molar-refractivity contribution in [3.05, 3.63) is 6.07 Å². The van der Waals surface area contributed by atoms with Gasteiger partial charge >= 0.3 is 0 Å². The Balaban J connectivity index is 2.02. The molecule has 6 nitrogen and oxygen atoms in total. The van der Waals surface area contributed by atoms with E-state index in [9.17, 15) is 5.11 Å². The second kappa shape index (κ2) is 4.75. The molecular formula is C11H19N5O. The maximum absolute atomic E-state index is 9.25. The number of hydrogen-bond acceptors (Lipinski definition) is 6. The van der Waals surface area contributed by atoms with E-state index in [1.807, 2.05) is 13.1 Å². The minimum absolute atomic E-state index is 0.114. The number of nitrogen functional groups attached to an aromatic ring is 1. The highest BCUT2D eigenvalue weighted by Crippen LogP contribution is 2.29. The summed E-state index contributed by atoms with van der Waals surface area (Å²) < 4.78 is 0. The van der Waals surface area contributed by atoms with Crippen LogP contribution in [0.25, 0.3) is 0 Å². The van der Waals surface area contributed by atoms with E-state index in [0.717, 1.165) is 25.2 Å². The fraction of sp³-hybridized carbons (Fsp3) is 0.636. The first-order chi connectivity index (χ1) is 8.08. The molecule has 1 aromatic rings. The SMILES string of the molecule is CNc1cc(N(C)CC2CC(O)C2)nc(N)n1. The molecule has 94 valence electrons. The minimum atomic E-state index is -0.114. The van der Waals surface area contributed by atoms with Gasteiger partial charge < -0.3 is 21.1 Å². The molecule has 0 saturated heterocycles. The van der Waals surface area contributed by atoms with Crippen LogP contribution in [0.15, 0.2) is 6.07 Å². The smallest absolute Gasteiger partial charge is 0.223 e. The summed E-state index contributed by atoms with van der Waals surface area (Å²) in [4.78, 5) is 10.3. The molecule has 1 heterocycles. The maximum Gasteiger partial charge on any atom is 0.223 e. The Kier molecular flexibility index (Phi) is 3.33. The third-order valence-corrected chi connectivity index (χ3v) is 3.12. The Morgan fingerprint density at radius 3 is 2.82 bits per heavy atom. The number of aliphatic hydroxyl groups is 1. The van der Waals surface area contributed by atoms with Crippen molar-refractivity contribution in [3.63, 3.8) is 0 Å². The van der Waals surface area contributed by atoms with Crippen molar-refractivity contribution >= 4 is 17.6 Å². The summed E-state index contributed by atoms with van der Waals surface area (Å²) in [5, 5.41) is 12.2. The fourth-order valence-corrected chi connectivity index (χ4v) is 2.11. The van der Waals surface area contributed by atoms with E-state index in [1.165, 1.54) is 0 Å². The Hall–Kier alpha value is -1.56. The second-order valence-electron chi connectivity index (χ2n) is 4.59. The van der Waals surface area contributed by atoms with E-state index >= 15 is 0 Å². The zero-order chi connectivity index (χ0) is 12.4. The Morgan fingerprint density at radius 1 is 1.53 bits per heavy atom. The molecule has 0 amide bonds. The van der Waals surface area contributed by atoms with E-state index < -0.39 is 0 Å². The summed E-state index contributed by atoms with van der Waals surface area (Å²) in [5.74, 6) is 2.34. The summed E-state index contributed by atoms with van der Waals surface area (Å²) in [5.41, 5.74) is 5.64. The summed E-state index contributed by atoms with van der Waals surface area (Å²) in [7, 11) is 3.78. The number of nitrogens with one attached hydrogen (secondary N) is 1. The van der Waals surface area contributed by atoms with Crippen molar-refractivity contribution in [2.24, 2.45) is 5.92 Å². The van der Waals surface area contributed by atoms with E-state index in [0.29, 0.717) is 11.7 Å². The van der Waals surface area contributed by atoms with Crippen LogP contribution in [0.3, 0.4) is 0 Å². The zero-order valence-electron chi connectivity index (χ0n) is 10.2. The molecule has 0 aromatic carbocycles. The first kappa shape index (κ1) is 11.9. The van der Waals surface area contributed by atoms with Gasteiger partial charge in [0.2, 0.25) is 5.95 Å². The van der Waals surface area contributed by atoms with Gasteiger partial charge in [-0.3, -0.25) is 0 Å². The molecule has 0 atom stereocenters. The number of hydrogen-bond donors (Lipinski definition) is 3. The lowest BCUT2D eigenvalue weighted by Crippen LogP contribution is -2.37. The molecule has 0 spiro atoms. The predicted molar refractivity (Wildman–Crippen MR) is 68.0 cm³/mol. The number of aliphatic hydroxyl groups excluding tert-OH is 1. The van der Waals surface area contributed by atoms with Crippen LogP contribution in [-0.2, 0) is 0 Å². The van der Waals surface area contributed by atoms with Crippen molar-refractivity contribution in [3.8, 4) is 0 Å². The first-order valence-electron chi connectivity index (χ1n) is 5.80. The highest BCUT2D eigenvalue weighted by Gasteiger charge is 2.28. The highest BCUT2D eigenvalue weighted by atomic mass is 16.3. The Morgan fingerprint density at radius 2 is 2.24 bits per heavy atom. The molecule has 1 saturated carbocycles. The van der Waals surface area contributed by atoms with Gasteiger partial charge in [0, 0.05) is 26.7 Å². The number of nitrogens with zero attached hydrogens (tertiary/aromatic N) is 3. The summed E-state index contributed by atoms with van der Waals surface area (Å²) >= 11 is 0. The molecule has 17 heavy (non-hydrogen) atoms. The Bertz CT molecular complexity index is 391. The number of aromatic nitrogens is 2. The van der Waals surface area contributed by atoms with Crippen molar-refractivity contribution in [2.75, 3.05) is 36.6 Å². The molecule has 0 bridgehead atoms. The zero-order valence-corrected chi connectivity index (χ0v) is 10.2. The first-order valence-corrected chi connectivity index (χ1v) is 5.80. The molecule has 4 N–H and O–H groups in total. The van der Waals surface area contributed by atoms with Crippen LogP contribution in [0.5, 0.6) is 0 Å². The molecule has 0 unspecified atom stereocenters. The van der Waals surface area contributed by atoms with E-state index in [1.54, 1.807) is 7.05 Å². The van der Waals surface area contributed by atoms with Crippen LogP contribution in [0.2, 0.25) is 0 Å². The van der Waals surface area contributed by atoms with E-state index in [-0.39, 0.29) is 12.1 Å². The maximum atomic E-state index is 9.25. The van der Waals surface area contributed by atoms with Crippen LogP contribution in [0.1, 0.15) is 12.8 Å². The molecule has 0 radical (unpaired) electrons. The van der Waals surface area contributed by atoms with Gasteiger partial charge in [-0.1, -0.05) is 0 Å². The lowest BCUT2D eigenvalue weighted by atomic mass is 9.82. The third-order valence-electron chi connectivity index (χ3n) is 3.12. The third kappa shape index (κ3) is 2.76. The molecule has 1 aliphatic rings. The van der Waals surface area contributed by atoms with Gasteiger partial charge in [-0.2, -0.15) is 9.97 Å². The summed E-state index contributed by atoms with van der Waals surface area (Å²) in [6, 6.07) is 1.87. The van der Waals surface area contributed by atoms with Crippen molar-refractivity contribution < 1.29 is 5.11 Å². The average molecular weight is 237 g/mol. The Labute approximate surface area is 101 Å². The molecule has 6 heteroatoms. The van der Waals surface area contributed by atoms with Crippen LogP contribution < -0.4 is 16.0 Å². The predicted octanol–water partition coefficient (Wildman–Crippen LogP) is 0.308. The van der Waals surface area contributed by atoms with Gasteiger partial charge in [-0.25, -0.2) is 0 Å². The standard InChI is InChI=1S/C11H19N5O/c1-13-9-5-10(15-11(12)14-9)16(2)6-7-3-8(17)4-7/h5,7-8,17H,3-4,6H2,1-2H3,(H3,12,13,14,15). The summed E-state index contributed by atoms with van der Waals surface area (Å²) in [6.07, 6.45) is 1.64. The van der Waals surface area contributed by atoms with Gasteiger partial charge in [-0.05, 0) is 18.8 Å². The molecule has 1 aromatic heterocycles. The number of rotatable bonds is 4.